The normalized spacial score (nSPS) is 27.7. The molecule has 2 fully saturated rings. The molecule has 0 saturated carbocycles. The van der Waals surface area contributed by atoms with Gasteiger partial charge in [-0.2, -0.15) is 4.99 Å². The summed E-state index contributed by atoms with van der Waals surface area (Å²) in [6.07, 6.45) is 0. The fourth-order valence-electron chi connectivity index (χ4n) is 3.19. The third-order valence-corrected chi connectivity index (χ3v) is 7.78. The van der Waals surface area contributed by atoms with Gasteiger partial charge in [0.2, 0.25) is 6.79 Å². The average Bonchev–Trinajstić information content (AvgIpc) is 3.21. The summed E-state index contributed by atoms with van der Waals surface area (Å²) in [7, 11) is -3.07. The lowest BCUT2D eigenvalue weighted by atomic mass is 10.1. The highest BCUT2D eigenvalue weighted by Gasteiger charge is 2.48. The van der Waals surface area contributed by atoms with Gasteiger partial charge in [0.05, 0.1) is 17.5 Å². The second-order valence-electron chi connectivity index (χ2n) is 6.04. The Morgan fingerprint density at radius 3 is 2.92 bits per heavy atom. The molecule has 1 aromatic rings. The van der Waals surface area contributed by atoms with E-state index >= 15 is 0 Å². The molecular weight excluding hydrogens is 388 g/mol. The Morgan fingerprint density at radius 1 is 1.32 bits per heavy atom. The van der Waals surface area contributed by atoms with E-state index in [0.29, 0.717) is 23.2 Å². The van der Waals surface area contributed by atoms with Crippen LogP contribution in [0.2, 0.25) is 0 Å². The molecule has 2 atom stereocenters. The molecule has 7 nitrogen and oxygen atoms in total. The van der Waals surface area contributed by atoms with Crippen molar-refractivity contribution in [2.24, 2.45) is 4.99 Å². The predicted molar refractivity (Wildman–Crippen MR) is 95.1 cm³/mol. The molecule has 0 bridgehead atoms. The predicted octanol–water partition coefficient (Wildman–Crippen LogP) is 1.25. The van der Waals surface area contributed by atoms with Crippen LogP contribution in [0.15, 0.2) is 23.2 Å². The molecule has 10 heteroatoms. The average molecular weight is 403 g/mol. The Balaban J connectivity index is 1.63. The van der Waals surface area contributed by atoms with Gasteiger partial charge in [-0.25, -0.2) is 8.42 Å². The fourth-order valence-corrected chi connectivity index (χ4v) is 7.22. The Morgan fingerprint density at radius 2 is 2.12 bits per heavy atom. The number of amidine groups is 1. The summed E-state index contributed by atoms with van der Waals surface area (Å²) in [6.45, 7) is 0.632. The molecule has 25 heavy (non-hydrogen) atoms. The van der Waals surface area contributed by atoms with E-state index in [2.05, 4.69) is 4.99 Å². The molecule has 0 aliphatic carbocycles. The number of sulfone groups is 1. The minimum absolute atomic E-state index is 0.0727. The van der Waals surface area contributed by atoms with Crippen molar-refractivity contribution in [1.29, 1.82) is 0 Å². The van der Waals surface area contributed by atoms with E-state index in [1.165, 1.54) is 11.8 Å². The number of aliphatic imine (C=N–C) groups is 1. The zero-order chi connectivity index (χ0) is 17.6. The maximum Gasteiger partial charge on any atom is 0.262 e. The Labute approximate surface area is 154 Å². The number of hydrogen-bond acceptors (Lipinski definition) is 6. The highest BCUT2D eigenvalue weighted by molar-refractivity contribution is 8.15. The number of halogens is 1. The number of benzene rings is 1. The number of hydrogen-bond donors (Lipinski definition) is 0. The molecule has 3 aliphatic rings. The van der Waals surface area contributed by atoms with E-state index in [9.17, 15) is 13.2 Å². The molecular formula is C15H15ClN2O5S2. The first-order valence-electron chi connectivity index (χ1n) is 7.65. The van der Waals surface area contributed by atoms with Crippen molar-refractivity contribution < 1.29 is 22.7 Å². The third-order valence-electron chi connectivity index (χ3n) is 4.30. The second kappa shape index (κ2) is 6.37. The van der Waals surface area contributed by atoms with Gasteiger partial charge >= 0.3 is 0 Å². The summed E-state index contributed by atoms with van der Waals surface area (Å²) in [5, 5.41) is 0.425. The summed E-state index contributed by atoms with van der Waals surface area (Å²) >= 11 is 6.90. The van der Waals surface area contributed by atoms with E-state index in [4.69, 9.17) is 21.1 Å². The highest BCUT2D eigenvalue weighted by Crippen LogP contribution is 2.40. The van der Waals surface area contributed by atoms with Gasteiger partial charge in [0.1, 0.15) is 5.88 Å². The van der Waals surface area contributed by atoms with Gasteiger partial charge in [-0.15, -0.1) is 11.6 Å². The molecule has 0 radical (unpaired) electrons. The number of ether oxygens (including phenoxy) is 2. The quantitative estimate of drug-likeness (QED) is 0.703. The van der Waals surface area contributed by atoms with Crippen molar-refractivity contribution in [2.75, 3.05) is 24.2 Å². The molecule has 0 spiro atoms. The third kappa shape index (κ3) is 3.32. The van der Waals surface area contributed by atoms with Crippen LogP contribution < -0.4 is 9.47 Å². The molecule has 3 heterocycles. The number of alkyl halides is 1. The summed E-state index contributed by atoms with van der Waals surface area (Å²) in [4.78, 5) is 17.6. The summed E-state index contributed by atoms with van der Waals surface area (Å²) in [5.74, 6) is 0.900. The molecule has 3 aliphatic heterocycles. The Hall–Kier alpha value is -1.45. The van der Waals surface area contributed by atoms with Crippen LogP contribution in [0.3, 0.4) is 0 Å². The smallest absolute Gasteiger partial charge is 0.262 e. The summed E-state index contributed by atoms with van der Waals surface area (Å²) in [6, 6.07) is 5.40. The Bertz CT molecular complexity index is 857. The molecule has 0 N–H and O–H groups in total. The van der Waals surface area contributed by atoms with Crippen molar-refractivity contribution in [1.82, 2.24) is 4.90 Å². The molecule has 0 aromatic heterocycles. The number of thioether (sulfide) groups is 1. The Kier molecular flexibility index (Phi) is 4.33. The first-order valence-corrected chi connectivity index (χ1v) is 10.9. The highest BCUT2D eigenvalue weighted by atomic mass is 35.5. The molecule has 2 saturated heterocycles. The van der Waals surface area contributed by atoms with Crippen molar-refractivity contribution in [3.8, 4) is 11.5 Å². The van der Waals surface area contributed by atoms with Crippen molar-refractivity contribution in [3.63, 3.8) is 0 Å². The number of carbonyl (C=O) groups excluding carboxylic acids is 1. The first-order chi connectivity index (χ1) is 11.9. The minimum atomic E-state index is -3.07. The second-order valence-corrected chi connectivity index (χ2v) is 9.67. The van der Waals surface area contributed by atoms with Gasteiger partial charge in [0, 0.05) is 11.8 Å². The first kappa shape index (κ1) is 17.0. The van der Waals surface area contributed by atoms with E-state index < -0.39 is 15.7 Å². The lowest BCUT2D eigenvalue weighted by Gasteiger charge is -2.24. The zero-order valence-corrected chi connectivity index (χ0v) is 15.4. The van der Waals surface area contributed by atoms with Crippen molar-refractivity contribution in [3.05, 3.63) is 23.8 Å². The lowest BCUT2D eigenvalue weighted by Crippen LogP contribution is -2.37. The fraction of sp³-hybridized carbons (Fsp3) is 0.467. The standard InChI is InChI=1S/C15H15ClN2O5S2/c16-4-14(19)17-15-18(10-6-25(20,21)7-13(10)24-15)5-9-1-2-11-12(3-9)23-8-22-11/h1-3,10,13H,4-8H2/t10-,13-/m1/s1. The number of carbonyl (C=O) groups is 1. The molecule has 0 unspecified atom stereocenters. The van der Waals surface area contributed by atoms with Crippen LogP contribution in [-0.2, 0) is 21.2 Å². The number of rotatable bonds is 3. The molecule has 4 rings (SSSR count). The van der Waals surface area contributed by atoms with Crippen LogP contribution in [0.4, 0.5) is 0 Å². The number of nitrogens with zero attached hydrogens (tertiary/aromatic N) is 2. The lowest BCUT2D eigenvalue weighted by molar-refractivity contribution is -0.115. The van der Waals surface area contributed by atoms with E-state index in [0.717, 1.165) is 5.56 Å². The van der Waals surface area contributed by atoms with Gasteiger partial charge in [-0.1, -0.05) is 17.8 Å². The molecule has 1 amide bonds. The van der Waals surface area contributed by atoms with Gasteiger partial charge in [-0.3, -0.25) is 4.79 Å². The molecule has 1 aromatic carbocycles. The SMILES string of the molecule is O=C(CCl)N=C1S[C@@H]2CS(=O)(=O)C[C@H]2N1Cc1ccc2c(c1)OCO2. The number of amides is 1. The van der Waals surface area contributed by atoms with Crippen LogP contribution in [0.25, 0.3) is 0 Å². The van der Waals surface area contributed by atoms with E-state index in [1.54, 1.807) is 0 Å². The van der Waals surface area contributed by atoms with Crippen molar-refractivity contribution in [2.45, 2.75) is 17.8 Å². The van der Waals surface area contributed by atoms with Crippen LogP contribution in [0.5, 0.6) is 11.5 Å². The van der Waals surface area contributed by atoms with Gasteiger partial charge < -0.3 is 14.4 Å². The van der Waals surface area contributed by atoms with Crippen LogP contribution >= 0.6 is 23.4 Å². The zero-order valence-electron chi connectivity index (χ0n) is 13.1. The maximum atomic E-state index is 12.0. The minimum Gasteiger partial charge on any atom is -0.454 e. The van der Waals surface area contributed by atoms with E-state index in [1.807, 2.05) is 23.1 Å². The summed E-state index contributed by atoms with van der Waals surface area (Å²) < 4.78 is 34.6. The van der Waals surface area contributed by atoms with Crippen LogP contribution in [0.1, 0.15) is 5.56 Å². The largest absolute Gasteiger partial charge is 0.454 e. The van der Waals surface area contributed by atoms with Gasteiger partial charge in [0.15, 0.2) is 26.5 Å². The van der Waals surface area contributed by atoms with Crippen LogP contribution in [0, 0.1) is 0 Å². The van der Waals surface area contributed by atoms with Gasteiger partial charge in [-0.05, 0) is 17.7 Å². The van der Waals surface area contributed by atoms with E-state index in [-0.39, 0.29) is 35.5 Å². The monoisotopic (exact) mass is 402 g/mol. The maximum absolute atomic E-state index is 12.0. The van der Waals surface area contributed by atoms with Crippen LogP contribution in [-0.4, -0.2) is 59.9 Å². The molecule has 134 valence electrons. The van der Waals surface area contributed by atoms with Gasteiger partial charge in [0.25, 0.3) is 5.91 Å². The van der Waals surface area contributed by atoms with Crippen molar-refractivity contribution >= 4 is 44.3 Å². The summed E-state index contributed by atoms with van der Waals surface area (Å²) in [5.41, 5.74) is 0.931. The topological polar surface area (TPSA) is 85.3 Å². The number of fused-ring (bicyclic) bond motifs is 2.